The fourth-order valence-electron chi connectivity index (χ4n) is 7.84. The standard InChI is InChI=1S/C40H35N/c1-39(2)31-17-10-11-20-35(31)41-36-24-22-28(25-34(36)40(3,4)33-19-12-18-32(39)38(33)41)37-29-16-9-8-15-27(29)21-23-30(37)26-13-6-5-7-14-26/h5-21,23,25H,22,24H2,1-4H3. The zero-order valence-electron chi connectivity index (χ0n) is 24.3. The highest BCUT2D eigenvalue weighted by atomic mass is 15.2. The smallest absolute Gasteiger partial charge is 0.0540 e. The first-order valence-corrected chi connectivity index (χ1v) is 14.9. The van der Waals surface area contributed by atoms with Crippen LogP contribution in [0.2, 0.25) is 0 Å². The number of nitrogens with zero attached hydrogens (tertiary/aromatic N) is 1. The van der Waals surface area contributed by atoms with Gasteiger partial charge in [0.15, 0.2) is 0 Å². The van der Waals surface area contributed by atoms with Crippen LogP contribution in [0, 0.1) is 0 Å². The van der Waals surface area contributed by atoms with Gasteiger partial charge in [0, 0.05) is 22.2 Å². The Hall–Kier alpha value is -4.36. The summed E-state index contributed by atoms with van der Waals surface area (Å²) in [6.07, 6.45) is 4.60. The zero-order chi connectivity index (χ0) is 27.9. The molecule has 200 valence electrons. The van der Waals surface area contributed by atoms with Gasteiger partial charge in [-0.05, 0) is 74.2 Å². The van der Waals surface area contributed by atoms with E-state index in [0.29, 0.717) is 0 Å². The summed E-state index contributed by atoms with van der Waals surface area (Å²) in [7, 11) is 0. The summed E-state index contributed by atoms with van der Waals surface area (Å²) in [5, 5.41) is 2.64. The van der Waals surface area contributed by atoms with Crippen molar-refractivity contribution in [2.75, 3.05) is 4.90 Å². The van der Waals surface area contributed by atoms with Gasteiger partial charge in [-0.15, -0.1) is 0 Å². The predicted octanol–water partition coefficient (Wildman–Crippen LogP) is 10.7. The quantitative estimate of drug-likeness (QED) is 0.220. The third-order valence-electron chi connectivity index (χ3n) is 9.96. The van der Waals surface area contributed by atoms with E-state index in [1.54, 1.807) is 0 Å². The van der Waals surface area contributed by atoms with E-state index in [2.05, 4.69) is 148 Å². The van der Waals surface area contributed by atoms with Crippen molar-refractivity contribution in [3.05, 3.63) is 149 Å². The predicted molar refractivity (Wildman–Crippen MR) is 174 cm³/mol. The molecule has 1 heteroatoms. The molecule has 0 fully saturated rings. The van der Waals surface area contributed by atoms with E-state index in [-0.39, 0.29) is 10.8 Å². The van der Waals surface area contributed by atoms with Crippen LogP contribution in [-0.4, -0.2) is 0 Å². The first-order valence-electron chi connectivity index (χ1n) is 14.9. The summed E-state index contributed by atoms with van der Waals surface area (Å²) < 4.78 is 0. The van der Waals surface area contributed by atoms with Crippen molar-refractivity contribution < 1.29 is 0 Å². The van der Waals surface area contributed by atoms with E-state index in [9.17, 15) is 0 Å². The number of benzene rings is 5. The lowest BCUT2D eigenvalue weighted by molar-refractivity contribution is 0.577. The second-order valence-corrected chi connectivity index (χ2v) is 12.9. The molecule has 0 atom stereocenters. The number of rotatable bonds is 2. The average Bonchev–Trinajstić information content (AvgIpc) is 3.00. The molecule has 1 aliphatic carbocycles. The second kappa shape index (κ2) is 8.57. The molecule has 8 rings (SSSR count). The minimum absolute atomic E-state index is 0.0458. The molecule has 0 unspecified atom stereocenters. The fourth-order valence-corrected chi connectivity index (χ4v) is 7.84. The lowest BCUT2D eigenvalue weighted by Crippen LogP contribution is -2.41. The second-order valence-electron chi connectivity index (χ2n) is 12.9. The highest BCUT2D eigenvalue weighted by molar-refractivity contribution is 6.02. The topological polar surface area (TPSA) is 3.24 Å². The van der Waals surface area contributed by atoms with E-state index < -0.39 is 0 Å². The van der Waals surface area contributed by atoms with Gasteiger partial charge in [0.1, 0.15) is 0 Å². The van der Waals surface area contributed by atoms with Crippen molar-refractivity contribution in [2.24, 2.45) is 0 Å². The number of fused-ring (bicyclic) bond motifs is 4. The Labute approximate surface area is 243 Å². The molecule has 2 aliphatic heterocycles. The SMILES string of the molecule is CC1(C)C2=C(CCC(c3c(-c4ccccc4)ccc4ccccc34)=C2)N2c3ccccc3C(C)(C)c3cccc1c32. The summed E-state index contributed by atoms with van der Waals surface area (Å²) in [4.78, 5) is 2.63. The van der Waals surface area contributed by atoms with Gasteiger partial charge in [0.2, 0.25) is 0 Å². The molecular formula is C40H35N. The molecule has 0 N–H and O–H groups in total. The van der Waals surface area contributed by atoms with E-state index >= 15 is 0 Å². The molecule has 5 aromatic carbocycles. The number of hydrogen-bond donors (Lipinski definition) is 0. The Balaban J connectivity index is 1.41. The van der Waals surface area contributed by atoms with Crippen molar-refractivity contribution in [1.82, 2.24) is 0 Å². The van der Waals surface area contributed by atoms with Crippen LogP contribution in [0.1, 0.15) is 62.8 Å². The molecule has 0 amide bonds. The molecule has 0 spiro atoms. The van der Waals surface area contributed by atoms with Gasteiger partial charge in [-0.1, -0.05) is 137 Å². The van der Waals surface area contributed by atoms with Crippen LogP contribution in [0.3, 0.4) is 0 Å². The zero-order valence-corrected chi connectivity index (χ0v) is 24.3. The summed E-state index contributed by atoms with van der Waals surface area (Å²) in [5.74, 6) is 0. The molecule has 3 aliphatic rings. The summed E-state index contributed by atoms with van der Waals surface area (Å²) in [6, 6.07) is 40.5. The van der Waals surface area contributed by atoms with Gasteiger partial charge in [0.25, 0.3) is 0 Å². The van der Waals surface area contributed by atoms with Crippen LogP contribution in [0.5, 0.6) is 0 Å². The molecule has 5 aromatic rings. The van der Waals surface area contributed by atoms with Crippen LogP contribution in [0.25, 0.3) is 27.5 Å². The maximum Gasteiger partial charge on any atom is 0.0540 e. The molecular weight excluding hydrogens is 494 g/mol. The molecule has 0 saturated carbocycles. The summed E-state index contributed by atoms with van der Waals surface area (Å²) in [5.41, 5.74) is 15.2. The normalized spacial score (nSPS) is 18.0. The van der Waals surface area contributed by atoms with E-state index in [4.69, 9.17) is 0 Å². The van der Waals surface area contributed by atoms with Crippen molar-refractivity contribution in [3.8, 4) is 11.1 Å². The van der Waals surface area contributed by atoms with Crippen molar-refractivity contribution in [3.63, 3.8) is 0 Å². The Morgan fingerprint density at radius 1 is 0.585 bits per heavy atom. The summed E-state index contributed by atoms with van der Waals surface area (Å²) >= 11 is 0. The molecule has 2 heterocycles. The highest BCUT2D eigenvalue weighted by Gasteiger charge is 2.46. The van der Waals surface area contributed by atoms with Gasteiger partial charge in [0.05, 0.1) is 5.69 Å². The molecule has 41 heavy (non-hydrogen) atoms. The lowest BCUT2D eigenvalue weighted by Gasteiger charge is -2.51. The maximum absolute atomic E-state index is 2.63. The number of allylic oxidation sites excluding steroid dienone is 4. The Kier molecular flexibility index (Phi) is 5.11. The van der Waals surface area contributed by atoms with Gasteiger partial charge >= 0.3 is 0 Å². The van der Waals surface area contributed by atoms with E-state index in [1.807, 2.05) is 0 Å². The van der Waals surface area contributed by atoms with Crippen LogP contribution in [0.15, 0.2) is 127 Å². The van der Waals surface area contributed by atoms with Gasteiger partial charge in [-0.2, -0.15) is 0 Å². The number of anilines is 2. The Morgan fingerprint density at radius 2 is 1.27 bits per heavy atom. The third kappa shape index (κ3) is 3.36. The molecule has 1 nitrogen and oxygen atoms in total. The Morgan fingerprint density at radius 3 is 2.10 bits per heavy atom. The van der Waals surface area contributed by atoms with Gasteiger partial charge in [-0.25, -0.2) is 0 Å². The third-order valence-corrected chi connectivity index (χ3v) is 9.96. The van der Waals surface area contributed by atoms with Crippen molar-refractivity contribution in [1.29, 1.82) is 0 Å². The lowest BCUT2D eigenvalue weighted by atomic mass is 9.64. The van der Waals surface area contributed by atoms with Crippen LogP contribution in [0.4, 0.5) is 11.4 Å². The highest BCUT2D eigenvalue weighted by Crippen LogP contribution is 2.59. The first kappa shape index (κ1) is 24.4. The molecule has 0 aromatic heterocycles. The van der Waals surface area contributed by atoms with Gasteiger partial charge in [-0.3, -0.25) is 0 Å². The fraction of sp³-hybridized carbons (Fsp3) is 0.200. The average molecular weight is 530 g/mol. The van der Waals surface area contributed by atoms with E-state index in [1.165, 1.54) is 72.4 Å². The van der Waals surface area contributed by atoms with Crippen molar-refractivity contribution in [2.45, 2.75) is 51.4 Å². The van der Waals surface area contributed by atoms with Crippen LogP contribution in [-0.2, 0) is 10.8 Å². The first-order chi connectivity index (χ1) is 19.9. The van der Waals surface area contributed by atoms with Gasteiger partial charge < -0.3 is 4.90 Å². The largest absolute Gasteiger partial charge is 0.313 e. The minimum Gasteiger partial charge on any atom is -0.313 e. The van der Waals surface area contributed by atoms with Crippen LogP contribution < -0.4 is 4.90 Å². The molecule has 0 bridgehead atoms. The number of hydrogen-bond acceptors (Lipinski definition) is 1. The summed E-state index contributed by atoms with van der Waals surface area (Å²) in [6.45, 7) is 9.65. The molecule has 0 saturated heterocycles. The minimum atomic E-state index is -0.108. The Bertz CT molecular complexity index is 1930. The molecule has 0 radical (unpaired) electrons. The maximum atomic E-state index is 2.63. The number of para-hydroxylation sites is 2. The van der Waals surface area contributed by atoms with E-state index in [0.717, 1.165) is 12.8 Å². The van der Waals surface area contributed by atoms with Crippen LogP contribution >= 0.6 is 0 Å². The monoisotopic (exact) mass is 529 g/mol. The van der Waals surface area contributed by atoms with Crippen molar-refractivity contribution >= 4 is 27.7 Å².